The number of rotatable bonds is 7. The normalized spacial score (nSPS) is 12.2. The van der Waals surface area contributed by atoms with Gasteiger partial charge in [-0.2, -0.15) is 0 Å². The summed E-state index contributed by atoms with van der Waals surface area (Å²) in [4.78, 5) is 24.4. The molecule has 1 unspecified atom stereocenters. The van der Waals surface area contributed by atoms with E-state index in [0.29, 0.717) is 30.8 Å². The minimum absolute atomic E-state index is 0.0580. The van der Waals surface area contributed by atoms with Crippen LogP contribution >= 0.6 is 0 Å². The third-order valence-corrected chi connectivity index (χ3v) is 5.20. The monoisotopic (exact) mass is 537 g/mol. The molecule has 0 radical (unpaired) electrons. The van der Waals surface area contributed by atoms with Crippen LogP contribution in [0.1, 0.15) is 35.3 Å². The van der Waals surface area contributed by atoms with Crippen molar-refractivity contribution in [1.29, 1.82) is 0 Å². The van der Waals surface area contributed by atoms with E-state index in [0.717, 1.165) is 30.4 Å². The number of alkyl halides is 5. The molecule has 0 bridgehead atoms. The van der Waals surface area contributed by atoms with Crippen LogP contribution in [-0.4, -0.2) is 46.0 Å². The fraction of sp³-hybridized carbons (Fsp3) is 0.269. The molecule has 1 amide bonds. The maximum atomic E-state index is 13.0. The van der Waals surface area contributed by atoms with Crippen LogP contribution < -0.4 is 10.6 Å². The predicted molar refractivity (Wildman–Crippen MR) is 136 cm³/mol. The minimum atomic E-state index is -2.93. The Kier molecular flexibility index (Phi) is 11.1. The molecule has 0 spiro atoms. The number of nitrogens with one attached hydrogen (secondary N) is 3. The topological polar surface area (TPSA) is 103 Å². The van der Waals surface area contributed by atoms with Crippen LogP contribution in [-0.2, 0) is 12.1 Å². The van der Waals surface area contributed by atoms with Gasteiger partial charge in [0, 0.05) is 36.2 Å². The summed E-state index contributed by atoms with van der Waals surface area (Å²) in [5.74, 6) is -0.00163. The molecule has 0 fully saturated rings. The number of halogens is 5. The third kappa shape index (κ3) is 7.97. The van der Waals surface area contributed by atoms with Crippen LogP contribution in [0.5, 0.6) is 0 Å². The zero-order valence-corrected chi connectivity index (χ0v) is 20.9. The van der Waals surface area contributed by atoms with Crippen molar-refractivity contribution < 1.29 is 31.9 Å². The average molecular weight is 538 g/mol. The van der Waals surface area contributed by atoms with Crippen molar-refractivity contribution in [1.82, 2.24) is 15.0 Å². The van der Waals surface area contributed by atoms with Crippen molar-refractivity contribution in [2.24, 2.45) is 0 Å². The van der Waals surface area contributed by atoms with Gasteiger partial charge in [0.15, 0.2) is 0 Å². The first-order valence-electron chi connectivity index (χ1n) is 11.3. The van der Waals surface area contributed by atoms with E-state index in [4.69, 9.17) is 0 Å². The largest absolute Gasteiger partial charge is 0.379 e. The van der Waals surface area contributed by atoms with Gasteiger partial charge in [-0.1, -0.05) is 12.1 Å². The molecule has 0 aliphatic carbocycles. The summed E-state index contributed by atoms with van der Waals surface area (Å²) in [5, 5.41) is 16.8. The molecule has 12 heteroatoms. The first-order valence-corrected chi connectivity index (χ1v) is 11.3. The molecule has 4 rings (SSSR count). The lowest BCUT2D eigenvalue weighted by atomic mass is 9.96. The summed E-state index contributed by atoms with van der Waals surface area (Å²) in [6.07, 6.45) is 0.00234. The summed E-state index contributed by atoms with van der Waals surface area (Å²) in [6.45, 7) is 2.31. The van der Waals surface area contributed by atoms with Gasteiger partial charge < -0.3 is 20.7 Å². The summed E-state index contributed by atoms with van der Waals surface area (Å²) in [6, 6.07) is 12.8. The zero-order valence-electron chi connectivity index (χ0n) is 20.9. The van der Waals surface area contributed by atoms with Crippen LogP contribution in [0.25, 0.3) is 11.0 Å². The quantitative estimate of drug-likeness (QED) is 0.212. The molecule has 38 heavy (non-hydrogen) atoms. The van der Waals surface area contributed by atoms with E-state index in [9.17, 15) is 31.9 Å². The first-order chi connectivity index (χ1) is 18.1. The van der Waals surface area contributed by atoms with Gasteiger partial charge in [0.1, 0.15) is 17.1 Å². The predicted octanol–water partition coefficient (Wildman–Crippen LogP) is 6.15. The Labute approximate surface area is 216 Å². The number of aromatic amines is 1. The molecular weight excluding hydrogens is 509 g/mol. The van der Waals surface area contributed by atoms with Gasteiger partial charge >= 0.3 is 0 Å². The number of nitrogens with zero attached hydrogens (tertiary/aromatic N) is 2. The zero-order chi connectivity index (χ0) is 28.3. The SMILES string of the molecule is CC(F)F.CC(O)(c1ccc(NC(=O)c2cccnc2NCc2ccnc3[nH]ccc23)cc1)C(F)F.CF. The minimum Gasteiger partial charge on any atom is -0.379 e. The standard InChI is InChI=1S/C23H21F2N5O2.C2H4F2.CH3F/c1-23(32,22(24)25)15-4-6-16(7-5-15)30-21(31)18-3-2-10-26-20(18)29-13-14-8-11-27-19-17(14)9-12-28-19;1-2(3)4;1-2/h2-12,22,32H,13H2,1H3,(H,26,29)(H,27,28)(H,30,31);2H,1H3;1H3. The van der Waals surface area contributed by atoms with Gasteiger partial charge in [0.05, 0.1) is 12.7 Å². The maximum absolute atomic E-state index is 13.0. The number of H-pyrrole nitrogens is 1. The van der Waals surface area contributed by atoms with Crippen LogP contribution in [0.15, 0.2) is 67.1 Å². The van der Waals surface area contributed by atoms with Crippen LogP contribution in [0, 0.1) is 0 Å². The molecular formula is C26H28F5N5O2. The van der Waals surface area contributed by atoms with E-state index >= 15 is 0 Å². The van der Waals surface area contributed by atoms with E-state index in [1.165, 1.54) is 24.3 Å². The van der Waals surface area contributed by atoms with Crippen LogP contribution in [0.2, 0.25) is 0 Å². The Hall–Kier alpha value is -4.06. The van der Waals surface area contributed by atoms with Crippen LogP contribution in [0.4, 0.5) is 33.5 Å². The van der Waals surface area contributed by atoms with Crippen LogP contribution in [0.3, 0.4) is 0 Å². The number of hydrogen-bond acceptors (Lipinski definition) is 5. The summed E-state index contributed by atoms with van der Waals surface area (Å²) >= 11 is 0. The average Bonchev–Trinajstić information content (AvgIpc) is 3.38. The third-order valence-electron chi connectivity index (χ3n) is 5.20. The van der Waals surface area contributed by atoms with Gasteiger partial charge in [-0.05, 0) is 61.4 Å². The summed E-state index contributed by atoms with van der Waals surface area (Å²) in [7, 11) is 0.500. The van der Waals surface area contributed by atoms with Gasteiger partial charge in [-0.25, -0.2) is 27.5 Å². The fourth-order valence-corrected chi connectivity index (χ4v) is 3.30. The number of fused-ring (bicyclic) bond motifs is 1. The summed E-state index contributed by atoms with van der Waals surface area (Å²) in [5.41, 5.74) is 0.299. The molecule has 0 aliphatic heterocycles. The fourth-order valence-electron chi connectivity index (χ4n) is 3.30. The maximum Gasteiger partial charge on any atom is 0.270 e. The Morgan fingerprint density at radius 1 is 1.03 bits per heavy atom. The molecule has 3 aromatic heterocycles. The highest BCUT2D eigenvalue weighted by Crippen LogP contribution is 2.29. The van der Waals surface area contributed by atoms with Crippen molar-refractivity contribution in [3.63, 3.8) is 0 Å². The van der Waals surface area contributed by atoms with Gasteiger partial charge in [-0.3, -0.25) is 9.18 Å². The molecule has 1 atom stereocenters. The molecule has 204 valence electrons. The van der Waals surface area contributed by atoms with E-state index in [2.05, 4.69) is 25.6 Å². The van der Waals surface area contributed by atoms with Crippen molar-refractivity contribution in [3.05, 3.63) is 83.8 Å². The highest BCUT2D eigenvalue weighted by Gasteiger charge is 2.34. The van der Waals surface area contributed by atoms with Crippen molar-refractivity contribution in [2.45, 2.75) is 38.8 Å². The second kappa shape index (κ2) is 14.0. The molecule has 4 aromatic rings. The molecule has 7 nitrogen and oxygen atoms in total. The van der Waals surface area contributed by atoms with Gasteiger partial charge in [-0.15, -0.1) is 0 Å². The Balaban J connectivity index is 0.000000773. The second-order valence-electron chi connectivity index (χ2n) is 7.96. The summed E-state index contributed by atoms with van der Waals surface area (Å²) < 4.78 is 56.2. The van der Waals surface area contributed by atoms with E-state index in [1.807, 2.05) is 18.3 Å². The molecule has 3 heterocycles. The lowest BCUT2D eigenvalue weighted by molar-refractivity contribution is -0.0883. The smallest absolute Gasteiger partial charge is 0.270 e. The van der Waals surface area contributed by atoms with Crippen molar-refractivity contribution >= 4 is 28.4 Å². The Morgan fingerprint density at radius 3 is 2.32 bits per heavy atom. The molecule has 1 aromatic carbocycles. The van der Waals surface area contributed by atoms with Crippen molar-refractivity contribution in [2.75, 3.05) is 17.8 Å². The second-order valence-corrected chi connectivity index (χ2v) is 7.96. The molecule has 0 saturated carbocycles. The van der Waals surface area contributed by atoms with E-state index in [-0.39, 0.29) is 5.56 Å². The molecule has 0 saturated heterocycles. The van der Waals surface area contributed by atoms with Gasteiger partial charge in [0.2, 0.25) is 6.43 Å². The number of amides is 1. The number of pyridine rings is 2. The number of aliphatic hydroxyl groups is 1. The number of carbonyl (C=O) groups excluding carboxylic acids is 1. The van der Waals surface area contributed by atoms with Crippen molar-refractivity contribution in [3.8, 4) is 0 Å². The van der Waals surface area contributed by atoms with E-state index in [1.54, 1.807) is 24.5 Å². The Bertz CT molecular complexity index is 1290. The lowest BCUT2D eigenvalue weighted by Crippen LogP contribution is -2.30. The van der Waals surface area contributed by atoms with E-state index < -0.39 is 24.4 Å². The first kappa shape index (κ1) is 30.2. The number of carbonyl (C=O) groups is 1. The molecule has 0 aliphatic rings. The number of aromatic nitrogens is 3. The Morgan fingerprint density at radius 2 is 1.68 bits per heavy atom. The highest BCUT2D eigenvalue weighted by atomic mass is 19.3. The molecule has 4 N–H and O–H groups in total. The van der Waals surface area contributed by atoms with Gasteiger partial charge in [0.25, 0.3) is 12.3 Å². The number of hydrogen-bond donors (Lipinski definition) is 4. The highest BCUT2D eigenvalue weighted by molar-refractivity contribution is 6.07. The number of anilines is 2. The number of benzene rings is 1. The lowest BCUT2D eigenvalue weighted by Gasteiger charge is -2.22.